The number of rotatable bonds is 4. The van der Waals surface area contributed by atoms with Gasteiger partial charge >= 0.3 is 5.69 Å². The summed E-state index contributed by atoms with van der Waals surface area (Å²) in [7, 11) is 0. The van der Waals surface area contributed by atoms with Crippen LogP contribution < -0.4 is 11.0 Å². The van der Waals surface area contributed by atoms with E-state index in [2.05, 4.69) is 10.3 Å². The number of nitrogens with zero attached hydrogens (tertiary/aromatic N) is 2. The normalized spacial score (nSPS) is 27.1. The minimum atomic E-state index is -2.73. The number of alkyl halides is 1. The Labute approximate surface area is 153 Å². The average molecular weight is 373 g/mol. The lowest BCUT2D eigenvalue weighted by Gasteiger charge is -2.23. The quantitative estimate of drug-likeness (QED) is 0.655. The van der Waals surface area contributed by atoms with Gasteiger partial charge in [-0.2, -0.15) is 4.98 Å². The van der Waals surface area contributed by atoms with Crippen molar-refractivity contribution in [2.24, 2.45) is 0 Å². The van der Waals surface area contributed by atoms with Gasteiger partial charge in [0, 0.05) is 11.8 Å². The SMILES string of the molecule is C#C[C@@]1(F)[C@H](O)[C@@H](CO)O[C@H]1n1ccc(NC(=O)c2ccccc2)nc1=O. The van der Waals surface area contributed by atoms with Crippen LogP contribution in [0.3, 0.4) is 0 Å². The first-order valence-corrected chi connectivity index (χ1v) is 7.97. The van der Waals surface area contributed by atoms with Crippen LogP contribution in [0.5, 0.6) is 0 Å². The van der Waals surface area contributed by atoms with Gasteiger partial charge in [-0.25, -0.2) is 9.18 Å². The number of ether oxygens (including phenoxy) is 1. The summed E-state index contributed by atoms with van der Waals surface area (Å²) in [5.74, 6) is 1.26. The smallest absolute Gasteiger partial charge is 0.351 e. The number of hydrogen-bond donors (Lipinski definition) is 3. The Balaban J connectivity index is 1.86. The molecule has 8 nitrogen and oxygen atoms in total. The number of benzene rings is 1. The van der Waals surface area contributed by atoms with Crippen molar-refractivity contribution in [2.45, 2.75) is 24.1 Å². The van der Waals surface area contributed by atoms with E-state index in [0.717, 1.165) is 10.8 Å². The van der Waals surface area contributed by atoms with Crippen molar-refractivity contribution in [2.75, 3.05) is 11.9 Å². The van der Waals surface area contributed by atoms with Crippen molar-refractivity contribution < 1.29 is 24.1 Å². The highest BCUT2D eigenvalue weighted by atomic mass is 19.1. The first-order valence-electron chi connectivity index (χ1n) is 7.97. The molecule has 0 aliphatic carbocycles. The first-order chi connectivity index (χ1) is 12.9. The number of terminal acetylenes is 1. The molecule has 2 heterocycles. The minimum Gasteiger partial charge on any atom is -0.394 e. The molecule has 2 aromatic rings. The van der Waals surface area contributed by atoms with E-state index in [1.807, 2.05) is 0 Å². The zero-order chi connectivity index (χ0) is 19.6. The number of carbonyl (C=O) groups excluding carboxylic acids is 1. The summed E-state index contributed by atoms with van der Waals surface area (Å²) in [5, 5.41) is 21.6. The van der Waals surface area contributed by atoms with Crippen molar-refractivity contribution in [3.63, 3.8) is 0 Å². The maximum atomic E-state index is 15.0. The molecule has 1 aliphatic rings. The number of carbonyl (C=O) groups is 1. The van der Waals surface area contributed by atoms with Crippen LogP contribution >= 0.6 is 0 Å². The van der Waals surface area contributed by atoms with Gasteiger partial charge in [-0.15, -0.1) is 6.42 Å². The first kappa shape index (κ1) is 18.7. The fourth-order valence-corrected chi connectivity index (χ4v) is 2.76. The van der Waals surface area contributed by atoms with Crippen LogP contribution in [0.2, 0.25) is 0 Å². The van der Waals surface area contributed by atoms with Crippen LogP contribution in [0.4, 0.5) is 10.2 Å². The summed E-state index contributed by atoms with van der Waals surface area (Å²) in [4.78, 5) is 28.1. The molecular formula is C18H16FN3O5. The Morgan fingerprint density at radius 3 is 2.70 bits per heavy atom. The molecule has 0 radical (unpaired) electrons. The van der Waals surface area contributed by atoms with Gasteiger partial charge in [-0.1, -0.05) is 24.1 Å². The molecule has 9 heteroatoms. The van der Waals surface area contributed by atoms with Crippen LogP contribution in [-0.2, 0) is 4.74 Å². The topological polar surface area (TPSA) is 114 Å². The molecule has 27 heavy (non-hydrogen) atoms. The van der Waals surface area contributed by atoms with Gasteiger partial charge in [0.2, 0.25) is 5.67 Å². The van der Waals surface area contributed by atoms with Crippen LogP contribution in [0.25, 0.3) is 0 Å². The molecule has 1 fully saturated rings. The van der Waals surface area contributed by atoms with Crippen molar-refractivity contribution in [3.05, 3.63) is 58.6 Å². The number of amides is 1. The highest BCUT2D eigenvalue weighted by Crippen LogP contribution is 2.40. The van der Waals surface area contributed by atoms with Crippen LogP contribution in [-0.4, -0.2) is 50.2 Å². The number of aliphatic hydroxyl groups excluding tert-OH is 2. The van der Waals surface area contributed by atoms with Crippen LogP contribution in [0, 0.1) is 12.3 Å². The van der Waals surface area contributed by atoms with E-state index in [9.17, 15) is 24.2 Å². The van der Waals surface area contributed by atoms with Gasteiger partial charge in [0.15, 0.2) is 6.23 Å². The van der Waals surface area contributed by atoms with Gasteiger partial charge in [0.25, 0.3) is 5.91 Å². The standard InChI is InChI=1S/C18H16FN3O5/c1-2-18(19)14(24)12(10-23)27-16(18)22-9-8-13(21-17(22)26)20-15(25)11-6-4-3-5-7-11/h1,3-9,12,14,16,23-24H,10H2,(H,20,21,25,26)/t12-,14-,16-,18-/m1/s1. The Bertz CT molecular complexity index is 942. The number of anilines is 1. The summed E-state index contributed by atoms with van der Waals surface area (Å²) in [5.41, 5.74) is -3.31. The summed E-state index contributed by atoms with van der Waals surface area (Å²) < 4.78 is 20.9. The Morgan fingerprint density at radius 1 is 1.41 bits per heavy atom. The maximum absolute atomic E-state index is 15.0. The number of nitrogens with one attached hydrogen (secondary N) is 1. The van der Waals surface area contributed by atoms with E-state index in [-0.39, 0.29) is 5.82 Å². The molecule has 1 aromatic carbocycles. The lowest BCUT2D eigenvalue weighted by Crippen LogP contribution is -2.44. The molecule has 0 unspecified atom stereocenters. The maximum Gasteiger partial charge on any atom is 0.351 e. The zero-order valence-electron chi connectivity index (χ0n) is 13.9. The Hall–Kier alpha value is -3.06. The van der Waals surface area contributed by atoms with Crippen molar-refractivity contribution in [3.8, 4) is 12.3 Å². The van der Waals surface area contributed by atoms with E-state index in [1.165, 1.54) is 6.07 Å². The molecule has 0 bridgehead atoms. The summed E-state index contributed by atoms with van der Waals surface area (Å²) in [6, 6.07) is 9.55. The highest BCUT2D eigenvalue weighted by molar-refractivity contribution is 6.03. The van der Waals surface area contributed by atoms with Gasteiger partial charge in [-0.3, -0.25) is 9.36 Å². The molecule has 1 saturated heterocycles. The highest BCUT2D eigenvalue weighted by Gasteiger charge is 2.57. The second-order valence-corrected chi connectivity index (χ2v) is 5.89. The van der Waals surface area contributed by atoms with E-state index in [0.29, 0.717) is 5.56 Å². The molecule has 140 valence electrons. The van der Waals surface area contributed by atoms with Crippen LogP contribution in [0.1, 0.15) is 16.6 Å². The Morgan fingerprint density at radius 2 is 2.11 bits per heavy atom. The second kappa shape index (κ2) is 7.28. The lowest BCUT2D eigenvalue weighted by molar-refractivity contribution is -0.0542. The summed E-state index contributed by atoms with van der Waals surface area (Å²) in [6.07, 6.45) is 1.53. The Kier molecular flexibility index (Phi) is 5.05. The van der Waals surface area contributed by atoms with Crippen LogP contribution in [0.15, 0.2) is 47.4 Å². The van der Waals surface area contributed by atoms with E-state index in [4.69, 9.17) is 11.2 Å². The molecule has 3 rings (SSSR count). The molecule has 4 atom stereocenters. The lowest BCUT2D eigenvalue weighted by atomic mass is 9.97. The fourth-order valence-electron chi connectivity index (χ4n) is 2.76. The number of hydrogen-bond acceptors (Lipinski definition) is 6. The predicted octanol–water partition coefficient (Wildman–Crippen LogP) is 0.0877. The third-order valence-corrected chi connectivity index (χ3v) is 4.21. The number of aliphatic hydroxyl groups is 2. The number of halogens is 1. The molecule has 0 spiro atoms. The second-order valence-electron chi connectivity index (χ2n) is 5.89. The van der Waals surface area contributed by atoms with Crippen molar-refractivity contribution >= 4 is 11.7 Å². The van der Waals surface area contributed by atoms with Gasteiger partial charge < -0.3 is 20.3 Å². The molecule has 3 N–H and O–H groups in total. The minimum absolute atomic E-state index is 0.0486. The monoisotopic (exact) mass is 373 g/mol. The summed E-state index contributed by atoms with van der Waals surface area (Å²) in [6.45, 7) is -0.682. The molecular weight excluding hydrogens is 357 g/mol. The predicted molar refractivity (Wildman–Crippen MR) is 92.6 cm³/mol. The molecule has 0 saturated carbocycles. The van der Waals surface area contributed by atoms with E-state index < -0.39 is 42.3 Å². The number of aromatic nitrogens is 2. The zero-order valence-corrected chi connectivity index (χ0v) is 13.9. The van der Waals surface area contributed by atoms with Gasteiger partial charge in [0.05, 0.1) is 6.61 Å². The molecule has 1 aliphatic heterocycles. The van der Waals surface area contributed by atoms with Gasteiger partial charge in [-0.05, 0) is 18.2 Å². The van der Waals surface area contributed by atoms with Gasteiger partial charge in [0.1, 0.15) is 18.0 Å². The fraction of sp³-hybridized carbons (Fsp3) is 0.278. The van der Waals surface area contributed by atoms with Crippen molar-refractivity contribution in [1.29, 1.82) is 0 Å². The van der Waals surface area contributed by atoms with E-state index in [1.54, 1.807) is 36.3 Å². The van der Waals surface area contributed by atoms with E-state index >= 15 is 0 Å². The van der Waals surface area contributed by atoms with Crippen molar-refractivity contribution in [1.82, 2.24) is 9.55 Å². The molecule has 1 aromatic heterocycles. The summed E-state index contributed by atoms with van der Waals surface area (Å²) >= 11 is 0. The third kappa shape index (κ3) is 3.33. The molecule has 1 amide bonds. The average Bonchev–Trinajstić information content (AvgIpc) is 2.94. The largest absolute Gasteiger partial charge is 0.394 e. The third-order valence-electron chi connectivity index (χ3n) is 4.21.